The minimum absolute atomic E-state index is 0.0438. The number of aromatic nitrogens is 1. The van der Waals surface area contributed by atoms with Crippen LogP contribution in [0.3, 0.4) is 0 Å². The van der Waals surface area contributed by atoms with E-state index in [1.54, 1.807) is 11.3 Å². The highest BCUT2D eigenvalue weighted by Crippen LogP contribution is 2.29. The Bertz CT molecular complexity index is 513. The van der Waals surface area contributed by atoms with Gasteiger partial charge >= 0.3 is 0 Å². The molecule has 0 radical (unpaired) electrons. The van der Waals surface area contributed by atoms with Gasteiger partial charge in [0.15, 0.2) is 0 Å². The van der Waals surface area contributed by atoms with Gasteiger partial charge < -0.3 is 5.73 Å². The van der Waals surface area contributed by atoms with Gasteiger partial charge in [0.25, 0.3) is 0 Å². The lowest BCUT2D eigenvalue weighted by Crippen LogP contribution is -2.37. The van der Waals surface area contributed by atoms with Gasteiger partial charge in [-0.3, -0.25) is 4.90 Å². The van der Waals surface area contributed by atoms with Gasteiger partial charge in [-0.15, -0.1) is 11.3 Å². The zero-order chi connectivity index (χ0) is 13.8. The number of thiazole rings is 1. The third kappa shape index (κ3) is 3.63. The highest BCUT2D eigenvalue weighted by Gasteiger charge is 2.23. The van der Waals surface area contributed by atoms with Crippen LogP contribution in [0.15, 0.2) is 39.6 Å². The van der Waals surface area contributed by atoms with Gasteiger partial charge in [0.2, 0.25) is 0 Å². The highest BCUT2D eigenvalue weighted by molar-refractivity contribution is 9.10. The van der Waals surface area contributed by atoms with E-state index in [1.165, 1.54) is 5.56 Å². The molecular formula is C14H18BrN3S. The summed E-state index contributed by atoms with van der Waals surface area (Å²) in [5.41, 5.74) is 10.4. The molecule has 2 aromatic rings. The molecule has 3 nitrogen and oxygen atoms in total. The normalized spacial score (nSPS) is 14.6. The molecule has 2 atom stereocenters. The maximum absolute atomic E-state index is 6.19. The van der Waals surface area contributed by atoms with Crippen LogP contribution in [0.1, 0.15) is 24.2 Å². The Morgan fingerprint density at radius 2 is 2.16 bits per heavy atom. The second-order valence-electron chi connectivity index (χ2n) is 4.72. The number of hydrogen-bond acceptors (Lipinski definition) is 4. The van der Waals surface area contributed by atoms with Crippen LogP contribution in [-0.4, -0.2) is 23.0 Å². The third-order valence-corrected chi connectivity index (χ3v) is 4.45. The lowest BCUT2D eigenvalue weighted by Gasteiger charge is -2.31. The van der Waals surface area contributed by atoms with Gasteiger partial charge in [0.1, 0.15) is 0 Å². The van der Waals surface area contributed by atoms with Crippen molar-refractivity contribution < 1.29 is 0 Å². The predicted molar refractivity (Wildman–Crippen MR) is 84.1 cm³/mol. The molecular weight excluding hydrogens is 322 g/mol. The summed E-state index contributed by atoms with van der Waals surface area (Å²) in [6, 6.07) is 8.45. The second kappa shape index (κ2) is 6.61. The van der Waals surface area contributed by atoms with E-state index in [-0.39, 0.29) is 12.1 Å². The summed E-state index contributed by atoms with van der Waals surface area (Å²) in [5.74, 6) is 0. The molecule has 102 valence electrons. The quantitative estimate of drug-likeness (QED) is 0.907. The highest BCUT2D eigenvalue weighted by atomic mass is 79.9. The fraction of sp³-hybridized carbons (Fsp3) is 0.357. The van der Waals surface area contributed by atoms with E-state index >= 15 is 0 Å². The summed E-state index contributed by atoms with van der Waals surface area (Å²) in [7, 11) is 2.09. The molecule has 0 saturated heterocycles. The molecule has 1 heterocycles. The van der Waals surface area contributed by atoms with Crippen LogP contribution in [0.4, 0.5) is 0 Å². The lowest BCUT2D eigenvalue weighted by molar-refractivity contribution is 0.208. The van der Waals surface area contributed by atoms with Gasteiger partial charge in [-0.2, -0.15) is 0 Å². The molecule has 1 aromatic carbocycles. The third-order valence-electron chi connectivity index (χ3n) is 3.09. The van der Waals surface area contributed by atoms with Crippen molar-refractivity contribution in [3.05, 3.63) is 50.9 Å². The molecule has 19 heavy (non-hydrogen) atoms. The summed E-state index contributed by atoms with van der Waals surface area (Å²) in [6.45, 7) is 2.85. The number of nitrogens with two attached hydrogens (primary N) is 1. The first kappa shape index (κ1) is 14.7. The summed E-state index contributed by atoms with van der Waals surface area (Å²) in [5, 5.41) is 2.08. The molecule has 2 N–H and O–H groups in total. The van der Waals surface area contributed by atoms with Crippen LogP contribution in [0.25, 0.3) is 0 Å². The van der Waals surface area contributed by atoms with Crippen molar-refractivity contribution >= 4 is 27.3 Å². The molecule has 5 heteroatoms. The molecule has 0 spiro atoms. The van der Waals surface area contributed by atoms with Gasteiger partial charge in [0, 0.05) is 22.4 Å². The van der Waals surface area contributed by atoms with Gasteiger partial charge in [-0.25, -0.2) is 4.98 Å². The molecule has 2 rings (SSSR count). The molecule has 0 fully saturated rings. The molecule has 2 unspecified atom stereocenters. The topological polar surface area (TPSA) is 42.1 Å². The van der Waals surface area contributed by atoms with Crippen molar-refractivity contribution in [2.24, 2.45) is 5.73 Å². The number of likely N-dealkylation sites (N-methyl/N-ethyl adjacent to an activating group) is 1. The van der Waals surface area contributed by atoms with E-state index in [0.29, 0.717) is 0 Å². The molecule has 0 bridgehead atoms. The smallest absolute Gasteiger partial charge is 0.0795 e. The van der Waals surface area contributed by atoms with Crippen LogP contribution >= 0.6 is 27.3 Å². The number of benzene rings is 1. The van der Waals surface area contributed by atoms with Crippen LogP contribution in [-0.2, 0) is 6.54 Å². The van der Waals surface area contributed by atoms with Gasteiger partial charge in [0.05, 0.1) is 17.2 Å². The SMILES string of the molecule is CC(N)C(c1ccccc1Br)N(C)Cc1cscn1. The molecule has 0 saturated carbocycles. The maximum atomic E-state index is 6.19. The van der Waals surface area contributed by atoms with E-state index in [1.807, 2.05) is 24.6 Å². The molecule has 1 aromatic heterocycles. The van der Waals surface area contributed by atoms with Crippen molar-refractivity contribution in [2.45, 2.75) is 25.6 Å². The van der Waals surface area contributed by atoms with Crippen LogP contribution in [0, 0.1) is 0 Å². The monoisotopic (exact) mass is 339 g/mol. The molecule has 0 amide bonds. The minimum Gasteiger partial charge on any atom is -0.326 e. The van der Waals surface area contributed by atoms with Crippen molar-refractivity contribution in [2.75, 3.05) is 7.05 Å². The van der Waals surface area contributed by atoms with Crippen molar-refractivity contribution in [3.8, 4) is 0 Å². The van der Waals surface area contributed by atoms with Gasteiger partial charge in [-0.05, 0) is 25.6 Å². The van der Waals surface area contributed by atoms with Crippen molar-refractivity contribution in [1.82, 2.24) is 9.88 Å². The summed E-state index contributed by atoms with van der Waals surface area (Å²) in [6.07, 6.45) is 0. The van der Waals surface area contributed by atoms with Crippen LogP contribution in [0.5, 0.6) is 0 Å². The molecule has 0 aliphatic rings. The fourth-order valence-electron chi connectivity index (χ4n) is 2.31. The minimum atomic E-state index is 0.0438. The van der Waals surface area contributed by atoms with Crippen molar-refractivity contribution in [3.63, 3.8) is 0 Å². The summed E-state index contributed by atoms with van der Waals surface area (Å²) < 4.78 is 1.10. The maximum Gasteiger partial charge on any atom is 0.0795 e. The number of nitrogens with zero attached hydrogens (tertiary/aromatic N) is 2. The number of hydrogen-bond donors (Lipinski definition) is 1. The Morgan fingerprint density at radius 1 is 1.42 bits per heavy atom. The number of halogens is 1. The van der Waals surface area contributed by atoms with E-state index in [2.05, 4.69) is 50.4 Å². The molecule has 0 aliphatic carbocycles. The largest absolute Gasteiger partial charge is 0.326 e. The van der Waals surface area contributed by atoms with Crippen LogP contribution in [0.2, 0.25) is 0 Å². The Morgan fingerprint density at radius 3 is 2.74 bits per heavy atom. The van der Waals surface area contributed by atoms with Gasteiger partial charge in [-0.1, -0.05) is 34.1 Å². The second-order valence-corrected chi connectivity index (χ2v) is 6.29. The van der Waals surface area contributed by atoms with E-state index in [0.717, 1.165) is 16.7 Å². The Hall–Kier alpha value is -0.750. The fourth-order valence-corrected chi connectivity index (χ4v) is 3.38. The predicted octanol–water partition coefficient (Wildman–Crippen LogP) is 3.43. The average molecular weight is 340 g/mol. The Labute approximate surface area is 126 Å². The zero-order valence-electron chi connectivity index (χ0n) is 11.1. The first-order chi connectivity index (χ1) is 9.09. The number of rotatable bonds is 5. The van der Waals surface area contributed by atoms with Crippen LogP contribution < -0.4 is 5.73 Å². The Kier molecular flexibility index (Phi) is 5.10. The summed E-state index contributed by atoms with van der Waals surface area (Å²) >= 11 is 5.24. The van der Waals surface area contributed by atoms with E-state index < -0.39 is 0 Å². The van der Waals surface area contributed by atoms with Crippen molar-refractivity contribution in [1.29, 1.82) is 0 Å². The summed E-state index contributed by atoms with van der Waals surface area (Å²) in [4.78, 5) is 6.59. The first-order valence-corrected chi connectivity index (χ1v) is 7.90. The average Bonchev–Trinajstić information content (AvgIpc) is 2.84. The Balaban J connectivity index is 2.23. The first-order valence-electron chi connectivity index (χ1n) is 6.17. The standard InChI is InChI=1S/C14H18BrN3S/c1-10(16)14(12-5-3-4-6-13(12)15)18(2)7-11-8-19-9-17-11/h3-6,8-10,14H,7,16H2,1-2H3. The lowest BCUT2D eigenvalue weighted by atomic mass is 9.99. The zero-order valence-corrected chi connectivity index (χ0v) is 13.5. The molecule has 0 aliphatic heterocycles. The van der Waals surface area contributed by atoms with E-state index in [9.17, 15) is 0 Å². The van der Waals surface area contributed by atoms with E-state index in [4.69, 9.17) is 5.73 Å².